The number of rotatable bonds is 4. The zero-order valence-electron chi connectivity index (χ0n) is 14.3. The van der Waals surface area contributed by atoms with Crippen LogP contribution in [0, 0.1) is 0 Å². The Balaban J connectivity index is 1.79. The van der Waals surface area contributed by atoms with Crippen molar-refractivity contribution in [2.75, 3.05) is 12.4 Å². The summed E-state index contributed by atoms with van der Waals surface area (Å²) in [4.78, 5) is 4.88. The first kappa shape index (κ1) is 16.5. The third kappa shape index (κ3) is 3.38. The third-order valence-corrected chi connectivity index (χ3v) is 5.36. The highest BCUT2D eigenvalue weighted by atomic mass is 79.9. The molecule has 4 nitrogen and oxygen atoms in total. The number of halogens is 1. The van der Waals surface area contributed by atoms with Crippen LogP contribution in [0.1, 0.15) is 32.1 Å². The summed E-state index contributed by atoms with van der Waals surface area (Å²) < 4.78 is 8.48. The third-order valence-electron chi connectivity index (χ3n) is 4.89. The minimum atomic E-state index is 0.518. The highest BCUT2D eigenvalue weighted by Crippen LogP contribution is 2.33. The average molecular weight is 400 g/mol. The second-order valence-corrected chi connectivity index (χ2v) is 7.51. The van der Waals surface area contributed by atoms with E-state index in [-0.39, 0.29) is 0 Å². The molecule has 2 aromatic heterocycles. The summed E-state index contributed by atoms with van der Waals surface area (Å²) in [5.41, 5.74) is 3.04. The van der Waals surface area contributed by atoms with E-state index in [0.29, 0.717) is 6.04 Å². The minimum absolute atomic E-state index is 0.518. The van der Waals surface area contributed by atoms with E-state index in [1.807, 2.05) is 24.3 Å². The second-order valence-electron chi connectivity index (χ2n) is 6.59. The van der Waals surface area contributed by atoms with Gasteiger partial charge in [0.2, 0.25) is 0 Å². The Hall–Kier alpha value is -2.01. The quantitative estimate of drug-likeness (QED) is 0.627. The molecule has 3 aromatic rings. The van der Waals surface area contributed by atoms with Gasteiger partial charge in [0.15, 0.2) is 0 Å². The molecule has 1 fully saturated rings. The molecule has 0 atom stereocenters. The molecule has 0 spiro atoms. The molecular weight excluding hydrogens is 378 g/mol. The van der Waals surface area contributed by atoms with Crippen molar-refractivity contribution < 1.29 is 4.74 Å². The Bertz CT molecular complexity index is 867. The molecule has 0 radical (unpaired) electrons. The van der Waals surface area contributed by atoms with Crippen molar-refractivity contribution in [2.24, 2.45) is 0 Å². The van der Waals surface area contributed by atoms with Crippen molar-refractivity contribution in [3.63, 3.8) is 0 Å². The number of imidazole rings is 1. The van der Waals surface area contributed by atoms with E-state index < -0.39 is 0 Å². The zero-order chi connectivity index (χ0) is 17.2. The van der Waals surface area contributed by atoms with Gasteiger partial charge in [-0.05, 0) is 65.2 Å². The number of nitrogens with one attached hydrogen (secondary N) is 1. The Morgan fingerprint density at radius 1 is 1.08 bits per heavy atom. The van der Waals surface area contributed by atoms with Crippen LogP contribution in [0.5, 0.6) is 5.75 Å². The standard InChI is InChI=1S/C20H22BrN3O/c1-25-17-10-7-14(8-11-17)19-20(22-16-5-3-2-4-6-16)24-13-15(21)9-12-18(24)23-19/h7-13,16,22H,2-6H2,1H3. The first-order valence-electron chi connectivity index (χ1n) is 8.83. The van der Waals surface area contributed by atoms with Crippen molar-refractivity contribution in [3.8, 4) is 17.0 Å². The largest absolute Gasteiger partial charge is 0.497 e. The number of hydrogen-bond donors (Lipinski definition) is 1. The zero-order valence-corrected chi connectivity index (χ0v) is 15.9. The number of fused-ring (bicyclic) bond motifs is 1. The molecule has 0 bridgehead atoms. The second kappa shape index (κ2) is 7.08. The molecule has 5 heteroatoms. The maximum atomic E-state index is 5.28. The molecule has 0 amide bonds. The predicted molar refractivity (Wildman–Crippen MR) is 105 cm³/mol. The molecule has 1 aliphatic rings. The van der Waals surface area contributed by atoms with Gasteiger partial charge in [-0.15, -0.1) is 0 Å². The highest BCUT2D eigenvalue weighted by molar-refractivity contribution is 9.10. The van der Waals surface area contributed by atoms with Gasteiger partial charge in [0.25, 0.3) is 0 Å². The molecule has 0 saturated heterocycles. The lowest BCUT2D eigenvalue weighted by atomic mass is 9.95. The van der Waals surface area contributed by atoms with E-state index in [0.717, 1.165) is 32.9 Å². The van der Waals surface area contributed by atoms with Crippen molar-refractivity contribution in [3.05, 3.63) is 47.1 Å². The summed E-state index contributed by atoms with van der Waals surface area (Å²) in [6.07, 6.45) is 8.49. The van der Waals surface area contributed by atoms with Crippen LogP contribution in [0.15, 0.2) is 47.1 Å². The topological polar surface area (TPSA) is 38.6 Å². The van der Waals surface area contributed by atoms with Crippen molar-refractivity contribution in [1.29, 1.82) is 0 Å². The average Bonchev–Trinajstić information content (AvgIpc) is 3.00. The van der Waals surface area contributed by atoms with Crippen LogP contribution in [0.4, 0.5) is 5.82 Å². The lowest BCUT2D eigenvalue weighted by molar-refractivity contribution is 0.415. The van der Waals surface area contributed by atoms with Crippen LogP contribution in [0.2, 0.25) is 0 Å². The van der Waals surface area contributed by atoms with E-state index >= 15 is 0 Å². The monoisotopic (exact) mass is 399 g/mol. The Kier molecular flexibility index (Phi) is 4.66. The smallest absolute Gasteiger partial charge is 0.139 e. The number of pyridine rings is 1. The van der Waals surface area contributed by atoms with Gasteiger partial charge in [0.05, 0.1) is 7.11 Å². The van der Waals surface area contributed by atoms with Gasteiger partial charge in [-0.1, -0.05) is 19.3 Å². The van der Waals surface area contributed by atoms with Crippen LogP contribution in [-0.4, -0.2) is 22.5 Å². The minimum Gasteiger partial charge on any atom is -0.497 e. The fourth-order valence-corrected chi connectivity index (χ4v) is 3.88. The molecule has 2 heterocycles. The van der Waals surface area contributed by atoms with Crippen molar-refractivity contribution in [1.82, 2.24) is 9.38 Å². The number of aromatic nitrogens is 2. The number of ether oxygens (including phenoxy) is 1. The van der Waals surface area contributed by atoms with Crippen LogP contribution in [0.3, 0.4) is 0 Å². The van der Waals surface area contributed by atoms with E-state index in [1.165, 1.54) is 32.1 Å². The highest BCUT2D eigenvalue weighted by Gasteiger charge is 2.19. The molecule has 1 saturated carbocycles. The number of nitrogens with zero attached hydrogens (tertiary/aromatic N) is 2. The molecule has 1 N–H and O–H groups in total. The molecule has 1 aliphatic carbocycles. The van der Waals surface area contributed by atoms with E-state index in [1.54, 1.807) is 7.11 Å². The van der Waals surface area contributed by atoms with Gasteiger partial charge in [-0.3, -0.25) is 4.40 Å². The Labute approximate surface area is 156 Å². The lowest BCUT2D eigenvalue weighted by Gasteiger charge is -2.24. The van der Waals surface area contributed by atoms with E-state index in [9.17, 15) is 0 Å². The van der Waals surface area contributed by atoms with Gasteiger partial charge in [-0.25, -0.2) is 4.98 Å². The Morgan fingerprint density at radius 2 is 1.84 bits per heavy atom. The molecule has 25 heavy (non-hydrogen) atoms. The van der Waals surface area contributed by atoms with Gasteiger partial charge >= 0.3 is 0 Å². The van der Waals surface area contributed by atoms with Crippen molar-refractivity contribution >= 4 is 27.4 Å². The number of hydrogen-bond acceptors (Lipinski definition) is 3. The molecule has 0 aliphatic heterocycles. The van der Waals surface area contributed by atoms with Crippen LogP contribution in [0.25, 0.3) is 16.9 Å². The summed E-state index contributed by atoms with van der Waals surface area (Å²) in [7, 11) is 1.69. The molecule has 0 unspecified atom stereocenters. The summed E-state index contributed by atoms with van der Waals surface area (Å²) in [6.45, 7) is 0. The van der Waals surface area contributed by atoms with E-state index in [2.05, 4.69) is 44.0 Å². The fraction of sp³-hybridized carbons (Fsp3) is 0.350. The maximum Gasteiger partial charge on any atom is 0.139 e. The summed E-state index contributed by atoms with van der Waals surface area (Å²) in [5, 5.41) is 3.78. The molecular formula is C20H22BrN3O. The first-order chi connectivity index (χ1) is 12.2. The predicted octanol–water partition coefficient (Wildman–Crippen LogP) is 5.52. The Morgan fingerprint density at radius 3 is 2.56 bits per heavy atom. The molecule has 4 rings (SSSR count). The molecule has 1 aromatic carbocycles. The summed E-state index contributed by atoms with van der Waals surface area (Å²) in [5.74, 6) is 1.94. The van der Waals surface area contributed by atoms with Gasteiger partial charge in [0, 0.05) is 22.3 Å². The maximum absolute atomic E-state index is 5.28. The van der Waals surface area contributed by atoms with Crippen LogP contribution >= 0.6 is 15.9 Å². The number of benzene rings is 1. The van der Waals surface area contributed by atoms with Gasteiger partial charge in [0.1, 0.15) is 22.9 Å². The SMILES string of the molecule is COc1ccc(-c2nc3ccc(Br)cn3c2NC2CCCCC2)cc1. The number of anilines is 1. The van der Waals surface area contributed by atoms with Gasteiger partial charge in [-0.2, -0.15) is 0 Å². The van der Waals surface area contributed by atoms with Crippen LogP contribution < -0.4 is 10.1 Å². The first-order valence-corrected chi connectivity index (χ1v) is 9.62. The molecule has 130 valence electrons. The van der Waals surface area contributed by atoms with Gasteiger partial charge < -0.3 is 10.1 Å². The summed E-state index contributed by atoms with van der Waals surface area (Å²) >= 11 is 3.58. The fourth-order valence-electron chi connectivity index (χ4n) is 3.55. The van der Waals surface area contributed by atoms with E-state index in [4.69, 9.17) is 9.72 Å². The lowest BCUT2D eigenvalue weighted by Crippen LogP contribution is -2.23. The summed E-state index contributed by atoms with van der Waals surface area (Å²) in [6, 6.07) is 12.7. The number of methoxy groups -OCH3 is 1. The normalized spacial score (nSPS) is 15.4. The van der Waals surface area contributed by atoms with Crippen LogP contribution in [-0.2, 0) is 0 Å². The van der Waals surface area contributed by atoms with Crippen molar-refractivity contribution in [2.45, 2.75) is 38.1 Å².